The minimum absolute atomic E-state index is 0.136. The highest BCUT2D eigenvalue weighted by Gasteiger charge is 2.24. The first-order chi connectivity index (χ1) is 15.3. The Labute approximate surface area is 196 Å². The summed E-state index contributed by atoms with van der Waals surface area (Å²) in [5.74, 6) is -0.136. The third kappa shape index (κ3) is 14.9. The van der Waals surface area contributed by atoms with Gasteiger partial charge >= 0.3 is 6.09 Å². The average molecular weight is 447 g/mol. The summed E-state index contributed by atoms with van der Waals surface area (Å²) in [5, 5.41) is 5.76. The van der Waals surface area contributed by atoms with Crippen LogP contribution in [0.1, 0.15) is 104 Å². The van der Waals surface area contributed by atoms with Gasteiger partial charge in [0.2, 0.25) is 5.91 Å². The van der Waals surface area contributed by atoms with Crippen molar-refractivity contribution in [2.75, 3.05) is 6.54 Å². The Hall–Kier alpha value is -2.04. The summed E-state index contributed by atoms with van der Waals surface area (Å²) in [4.78, 5) is 25.0. The van der Waals surface area contributed by atoms with Crippen molar-refractivity contribution in [2.45, 2.75) is 116 Å². The van der Waals surface area contributed by atoms with Crippen LogP contribution in [0.25, 0.3) is 0 Å². The zero-order chi connectivity index (χ0) is 23.7. The normalized spacial score (nSPS) is 12.2. The van der Waals surface area contributed by atoms with Crippen molar-refractivity contribution in [3.8, 4) is 0 Å². The topological polar surface area (TPSA) is 67.4 Å². The molecule has 5 heteroatoms. The maximum Gasteiger partial charge on any atom is 0.408 e. The van der Waals surface area contributed by atoms with Gasteiger partial charge in [-0.2, -0.15) is 0 Å². The number of hydrogen-bond donors (Lipinski definition) is 2. The molecule has 0 aliphatic carbocycles. The molecule has 182 valence electrons. The first-order valence-electron chi connectivity index (χ1n) is 12.6. The molecule has 0 heterocycles. The number of aryl methyl sites for hydroxylation is 1. The molecule has 0 bridgehead atoms. The fourth-order valence-electron chi connectivity index (χ4n) is 3.62. The predicted octanol–water partition coefficient (Wildman–Crippen LogP) is 6.55. The molecule has 0 fully saturated rings. The van der Waals surface area contributed by atoms with Crippen LogP contribution in [0.3, 0.4) is 0 Å². The van der Waals surface area contributed by atoms with Crippen LogP contribution in [0.15, 0.2) is 30.3 Å². The first kappa shape index (κ1) is 28.0. The monoisotopic (exact) mass is 446 g/mol. The molecule has 0 aliphatic rings. The number of hydrogen-bond acceptors (Lipinski definition) is 3. The zero-order valence-corrected chi connectivity index (χ0v) is 20.9. The van der Waals surface area contributed by atoms with Gasteiger partial charge in [0.15, 0.2) is 0 Å². The molecule has 1 rings (SSSR count). The van der Waals surface area contributed by atoms with Crippen molar-refractivity contribution < 1.29 is 14.3 Å². The molecular weight excluding hydrogens is 400 g/mol. The van der Waals surface area contributed by atoms with Gasteiger partial charge in [0.05, 0.1) is 0 Å². The molecule has 1 aromatic rings. The van der Waals surface area contributed by atoms with Crippen molar-refractivity contribution in [2.24, 2.45) is 0 Å². The molecule has 1 aromatic carbocycles. The van der Waals surface area contributed by atoms with Gasteiger partial charge in [-0.15, -0.1) is 0 Å². The van der Waals surface area contributed by atoms with Gasteiger partial charge in [-0.25, -0.2) is 4.79 Å². The van der Waals surface area contributed by atoms with E-state index in [1.54, 1.807) is 0 Å². The maximum absolute atomic E-state index is 12.7. The number of benzene rings is 1. The lowest BCUT2D eigenvalue weighted by molar-refractivity contribution is -0.123. The van der Waals surface area contributed by atoms with Crippen molar-refractivity contribution in [1.82, 2.24) is 10.6 Å². The number of alkyl carbamates (subject to hydrolysis) is 1. The first-order valence-corrected chi connectivity index (χ1v) is 12.6. The van der Waals surface area contributed by atoms with E-state index in [2.05, 4.69) is 17.6 Å². The molecule has 1 atom stereocenters. The summed E-state index contributed by atoms with van der Waals surface area (Å²) in [7, 11) is 0. The predicted molar refractivity (Wildman–Crippen MR) is 133 cm³/mol. The Balaban J connectivity index is 2.33. The summed E-state index contributed by atoms with van der Waals surface area (Å²) in [5.41, 5.74) is 0.548. The van der Waals surface area contributed by atoms with Gasteiger partial charge in [-0.05, 0) is 45.6 Å². The van der Waals surface area contributed by atoms with E-state index in [0.29, 0.717) is 19.4 Å². The zero-order valence-electron chi connectivity index (χ0n) is 20.9. The molecule has 1 unspecified atom stereocenters. The second kappa shape index (κ2) is 16.6. The molecule has 32 heavy (non-hydrogen) atoms. The average Bonchev–Trinajstić information content (AvgIpc) is 2.74. The van der Waals surface area contributed by atoms with Crippen LogP contribution in [0, 0.1) is 0 Å². The molecule has 0 spiro atoms. The standard InChI is InChI=1S/C27H46N2O3/c1-5-6-7-8-9-10-11-12-13-17-22-28-25(30)24(29-26(31)32-27(2,3)4)21-20-23-18-15-14-16-19-23/h14-16,18-19,24H,5-13,17,20-22H2,1-4H3,(H,28,30)(H,29,31). The van der Waals surface area contributed by atoms with Crippen LogP contribution in [0.5, 0.6) is 0 Å². The van der Waals surface area contributed by atoms with E-state index in [1.165, 1.54) is 51.4 Å². The van der Waals surface area contributed by atoms with Crippen molar-refractivity contribution >= 4 is 12.0 Å². The Morgan fingerprint density at radius 2 is 1.44 bits per heavy atom. The minimum Gasteiger partial charge on any atom is -0.444 e. The molecule has 5 nitrogen and oxygen atoms in total. The maximum atomic E-state index is 12.7. The van der Waals surface area contributed by atoms with Crippen molar-refractivity contribution in [1.29, 1.82) is 0 Å². The lowest BCUT2D eigenvalue weighted by Crippen LogP contribution is -2.48. The van der Waals surface area contributed by atoms with Gasteiger partial charge in [-0.1, -0.05) is 95.0 Å². The SMILES string of the molecule is CCCCCCCCCCCCNC(=O)C(CCc1ccccc1)NC(=O)OC(C)(C)C. The Morgan fingerprint density at radius 1 is 0.875 bits per heavy atom. The molecular formula is C27H46N2O3. The van der Waals surface area contributed by atoms with E-state index in [-0.39, 0.29) is 5.91 Å². The Kier molecular flexibility index (Phi) is 14.5. The second-order valence-electron chi connectivity index (χ2n) is 9.70. The van der Waals surface area contributed by atoms with Gasteiger partial charge in [0.1, 0.15) is 11.6 Å². The van der Waals surface area contributed by atoms with Crippen LogP contribution < -0.4 is 10.6 Å². The summed E-state index contributed by atoms with van der Waals surface area (Å²) in [6.07, 6.45) is 13.3. The summed E-state index contributed by atoms with van der Waals surface area (Å²) in [6, 6.07) is 9.40. The van der Waals surface area contributed by atoms with E-state index >= 15 is 0 Å². The van der Waals surface area contributed by atoms with Crippen molar-refractivity contribution in [3.05, 3.63) is 35.9 Å². The number of carbonyl (C=O) groups excluding carboxylic acids is 2. The highest BCUT2D eigenvalue weighted by atomic mass is 16.6. The van der Waals surface area contributed by atoms with Gasteiger partial charge in [0, 0.05) is 6.54 Å². The summed E-state index contributed by atoms with van der Waals surface area (Å²) >= 11 is 0. The van der Waals surface area contributed by atoms with Gasteiger partial charge in [-0.3, -0.25) is 4.79 Å². The molecule has 2 N–H and O–H groups in total. The number of rotatable bonds is 16. The lowest BCUT2D eigenvalue weighted by Gasteiger charge is -2.23. The van der Waals surface area contributed by atoms with E-state index in [1.807, 2.05) is 51.1 Å². The van der Waals surface area contributed by atoms with E-state index in [9.17, 15) is 9.59 Å². The van der Waals surface area contributed by atoms with E-state index in [0.717, 1.165) is 18.4 Å². The smallest absolute Gasteiger partial charge is 0.408 e. The number of nitrogens with one attached hydrogen (secondary N) is 2. The number of unbranched alkanes of at least 4 members (excludes halogenated alkanes) is 9. The van der Waals surface area contributed by atoms with E-state index < -0.39 is 17.7 Å². The number of amides is 2. The minimum atomic E-state index is -0.604. The number of ether oxygens (including phenoxy) is 1. The molecule has 0 saturated heterocycles. The van der Waals surface area contributed by atoms with Crippen LogP contribution in [0.4, 0.5) is 4.79 Å². The van der Waals surface area contributed by atoms with Crippen molar-refractivity contribution in [3.63, 3.8) is 0 Å². The van der Waals surface area contributed by atoms with E-state index in [4.69, 9.17) is 4.74 Å². The summed E-state index contributed by atoms with van der Waals surface area (Å²) in [6.45, 7) is 8.34. The fraction of sp³-hybridized carbons (Fsp3) is 0.704. The second-order valence-corrected chi connectivity index (χ2v) is 9.70. The molecule has 0 aliphatic heterocycles. The lowest BCUT2D eigenvalue weighted by atomic mass is 10.0. The molecule has 0 radical (unpaired) electrons. The van der Waals surface area contributed by atoms with Crippen LogP contribution in [0.2, 0.25) is 0 Å². The third-order valence-electron chi connectivity index (χ3n) is 5.40. The molecule has 0 saturated carbocycles. The quantitative estimate of drug-likeness (QED) is 0.283. The van der Waals surface area contributed by atoms with Crippen LogP contribution >= 0.6 is 0 Å². The molecule has 2 amide bonds. The highest BCUT2D eigenvalue weighted by Crippen LogP contribution is 2.11. The highest BCUT2D eigenvalue weighted by molar-refractivity contribution is 5.85. The number of carbonyl (C=O) groups is 2. The molecule has 0 aromatic heterocycles. The Bertz CT molecular complexity index is 626. The van der Waals surface area contributed by atoms with Gasteiger partial charge < -0.3 is 15.4 Å². The van der Waals surface area contributed by atoms with Gasteiger partial charge in [0.25, 0.3) is 0 Å². The fourth-order valence-corrected chi connectivity index (χ4v) is 3.62. The summed E-state index contributed by atoms with van der Waals surface area (Å²) < 4.78 is 5.35. The largest absolute Gasteiger partial charge is 0.444 e. The van der Waals surface area contributed by atoms with Crippen LogP contribution in [-0.4, -0.2) is 30.2 Å². The van der Waals surface area contributed by atoms with Crippen LogP contribution in [-0.2, 0) is 16.0 Å². The third-order valence-corrected chi connectivity index (χ3v) is 5.40. The Morgan fingerprint density at radius 3 is 2.00 bits per heavy atom.